The van der Waals surface area contributed by atoms with E-state index in [2.05, 4.69) is 25.9 Å². The maximum atomic E-state index is 6.44. The minimum absolute atomic E-state index is 0.00597. The maximum absolute atomic E-state index is 6.44. The molecule has 1 unspecified atom stereocenters. The van der Waals surface area contributed by atoms with Gasteiger partial charge in [0.05, 0.1) is 23.0 Å². The van der Waals surface area contributed by atoms with E-state index in [9.17, 15) is 0 Å². The van der Waals surface area contributed by atoms with Crippen LogP contribution in [-0.4, -0.2) is 9.78 Å². The van der Waals surface area contributed by atoms with Crippen LogP contribution >= 0.6 is 11.6 Å². The number of aryl methyl sites for hydroxylation is 1. The molecule has 0 bridgehead atoms. The molecule has 1 atom stereocenters. The Morgan fingerprint density at radius 3 is 2.33 bits per heavy atom. The van der Waals surface area contributed by atoms with Gasteiger partial charge in [0.1, 0.15) is 0 Å². The van der Waals surface area contributed by atoms with Gasteiger partial charge < -0.3 is 5.73 Å². The number of hydrogen-bond acceptors (Lipinski definition) is 2. The summed E-state index contributed by atoms with van der Waals surface area (Å²) < 4.78 is 1.98. The van der Waals surface area contributed by atoms with E-state index in [1.165, 1.54) is 0 Å². The summed E-state index contributed by atoms with van der Waals surface area (Å²) in [5, 5.41) is 5.05. The van der Waals surface area contributed by atoms with Crippen molar-refractivity contribution in [2.24, 2.45) is 11.7 Å². The van der Waals surface area contributed by atoms with Crippen LogP contribution in [0, 0.1) is 5.92 Å². The van der Waals surface area contributed by atoms with Gasteiger partial charge in [-0.2, -0.15) is 5.10 Å². The summed E-state index contributed by atoms with van der Waals surface area (Å²) in [7, 11) is 0. The van der Waals surface area contributed by atoms with Crippen molar-refractivity contribution in [1.82, 2.24) is 9.78 Å². The Morgan fingerprint density at radius 2 is 1.83 bits per heavy atom. The summed E-state index contributed by atoms with van der Waals surface area (Å²) in [6.45, 7) is 7.45. The van der Waals surface area contributed by atoms with Crippen LogP contribution in [0.5, 0.6) is 0 Å². The summed E-state index contributed by atoms with van der Waals surface area (Å²) >= 11 is 6.26. The molecule has 104 valence electrons. The number of halogens is 1. The number of aromatic nitrogens is 2. The van der Waals surface area contributed by atoms with Crippen LogP contribution in [0.15, 0.2) is 6.20 Å². The lowest BCUT2D eigenvalue weighted by Crippen LogP contribution is -2.25. The van der Waals surface area contributed by atoms with Crippen molar-refractivity contribution in [2.75, 3.05) is 0 Å². The summed E-state index contributed by atoms with van der Waals surface area (Å²) in [5.41, 5.74) is 7.46. The van der Waals surface area contributed by atoms with Crippen molar-refractivity contribution >= 4 is 11.6 Å². The highest BCUT2D eigenvalue weighted by molar-refractivity contribution is 6.31. The van der Waals surface area contributed by atoms with Gasteiger partial charge in [0.25, 0.3) is 0 Å². The molecule has 1 heterocycles. The average Bonchev–Trinajstić information content (AvgIpc) is 2.70. The molecule has 0 spiro atoms. The predicted octanol–water partition coefficient (Wildman–Crippen LogP) is 4.16. The lowest BCUT2D eigenvalue weighted by Gasteiger charge is -2.24. The highest BCUT2D eigenvalue weighted by Gasteiger charge is 2.24. The highest BCUT2D eigenvalue weighted by Crippen LogP contribution is 2.31. The van der Waals surface area contributed by atoms with Crippen LogP contribution in [-0.2, 0) is 6.54 Å². The number of nitrogens with two attached hydrogens (primary N) is 1. The SMILES string of the molecule is CCCC(CCC)C(N)c1c(Cl)cnn1CCC. The molecule has 0 saturated heterocycles. The van der Waals surface area contributed by atoms with Gasteiger partial charge >= 0.3 is 0 Å². The zero-order chi connectivity index (χ0) is 13.5. The molecule has 1 aromatic rings. The first-order valence-electron chi connectivity index (χ1n) is 7.12. The Hall–Kier alpha value is -0.540. The second-order valence-corrected chi connectivity index (χ2v) is 5.37. The molecule has 0 radical (unpaired) electrons. The Balaban J connectivity index is 2.91. The van der Waals surface area contributed by atoms with Crippen LogP contribution in [0.4, 0.5) is 0 Å². The van der Waals surface area contributed by atoms with Gasteiger partial charge in [-0.1, -0.05) is 45.2 Å². The predicted molar refractivity (Wildman–Crippen MR) is 77.8 cm³/mol. The third-order valence-electron chi connectivity index (χ3n) is 3.41. The molecular formula is C14H26ClN3. The number of rotatable bonds is 8. The average molecular weight is 272 g/mol. The first-order valence-corrected chi connectivity index (χ1v) is 7.50. The van der Waals surface area contributed by atoms with Gasteiger partial charge in [0.15, 0.2) is 0 Å². The van der Waals surface area contributed by atoms with Crippen LogP contribution in [0.3, 0.4) is 0 Å². The van der Waals surface area contributed by atoms with Crippen molar-refractivity contribution in [1.29, 1.82) is 0 Å². The van der Waals surface area contributed by atoms with E-state index in [-0.39, 0.29) is 6.04 Å². The molecule has 0 amide bonds. The fraction of sp³-hybridized carbons (Fsp3) is 0.786. The van der Waals surface area contributed by atoms with Gasteiger partial charge in [-0.05, 0) is 25.2 Å². The lowest BCUT2D eigenvalue weighted by atomic mass is 9.89. The van der Waals surface area contributed by atoms with E-state index in [0.717, 1.165) is 44.3 Å². The third kappa shape index (κ3) is 3.72. The van der Waals surface area contributed by atoms with Crippen molar-refractivity contribution in [3.63, 3.8) is 0 Å². The summed E-state index contributed by atoms with van der Waals surface area (Å²) in [5.74, 6) is 0.504. The molecule has 0 saturated carbocycles. The van der Waals surface area contributed by atoms with E-state index in [1.807, 2.05) is 4.68 Å². The van der Waals surface area contributed by atoms with Gasteiger partial charge in [0, 0.05) is 6.54 Å². The Labute approximate surface area is 116 Å². The largest absolute Gasteiger partial charge is 0.322 e. The molecular weight excluding hydrogens is 246 g/mol. The smallest absolute Gasteiger partial charge is 0.0834 e. The zero-order valence-corrected chi connectivity index (χ0v) is 12.6. The quantitative estimate of drug-likeness (QED) is 0.771. The van der Waals surface area contributed by atoms with Crippen molar-refractivity contribution in [2.45, 2.75) is 65.5 Å². The first-order chi connectivity index (χ1) is 8.65. The fourth-order valence-electron chi connectivity index (χ4n) is 2.56. The molecule has 18 heavy (non-hydrogen) atoms. The topological polar surface area (TPSA) is 43.8 Å². The Bertz CT molecular complexity index is 343. The molecule has 0 aliphatic carbocycles. The van der Waals surface area contributed by atoms with Crippen LogP contribution in [0.25, 0.3) is 0 Å². The van der Waals surface area contributed by atoms with E-state index in [1.54, 1.807) is 6.20 Å². The maximum Gasteiger partial charge on any atom is 0.0834 e. The second-order valence-electron chi connectivity index (χ2n) is 4.96. The van der Waals surface area contributed by atoms with Crippen molar-refractivity contribution < 1.29 is 0 Å². The van der Waals surface area contributed by atoms with Crippen LogP contribution in [0.2, 0.25) is 5.02 Å². The van der Waals surface area contributed by atoms with Gasteiger partial charge in [0.2, 0.25) is 0 Å². The van der Waals surface area contributed by atoms with Crippen molar-refractivity contribution in [3.8, 4) is 0 Å². The number of hydrogen-bond donors (Lipinski definition) is 1. The Kier molecular flexibility index (Phi) is 6.72. The fourth-order valence-corrected chi connectivity index (χ4v) is 2.83. The molecule has 1 aromatic heterocycles. The monoisotopic (exact) mass is 271 g/mol. The summed E-state index contributed by atoms with van der Waals surface area (Å²) in [4.78, 5) is 0. The lowest BCUT2D eigenvalue weighted by molar-refractivity contribution is 0.350. The van der Waals surface area contributed by atoms with Gasteiger partial charge in [-0.15, -0.1) is 0 Å². The molecule has 2 N–H and O–H groups in total. The minimum Gasteiger partial charge on any atom is -0.322 e. The van der Waals surface area contributed by atoms with E-state index >= 15 is 0 Å². The summed E-state index contributed by atoms with van der Waals surface area (Å²) in [6, 6.07) is 0.00597. The normalized spacial score (nSPS) is 13.2. The summed E-state index contributed by atoms with van der Waals surface area (Å²) in [6.07, 6.45) is 7.41. The first kappa shape index (κ1) is 15.5. The van der Waals surface area contributed by atoms with E-state index in [4.69, 9.17) is 17.3 Å². The van der Waals surface area contributed by atoms with Crippen LogP contribution in [0.1, 0.15) is 64.6 Å². The third-order valence-corrected chi connectivity index (χ3v) is 3.70. The molecule has 1 rings (SSSR count). The molecule has 0 aliphatic rings. The zero-order valence-electron chi connectivity index (χ0n) is 11.8. The molecule has 0 aromatic carbocycles. The Morgan fingerprint density at radius 1 is 1.22 bits per heavy atom. The molecule has 4 heteroatoms. The standard InChI is InChI=1S/C14H26ClN3/c1-4-7-11(8-5-2)13(16)14-12(15)10-17-18(14)9-6-3/h10-11,13H,4-9,16H2,1-3H3. The minimum atomic E-state index is 0.00597. The molecule has 0 fully saturated rings. The van der Waals surface area contributed by atoms with Gasteiger partial charge in [-0.25, -0.2) is 0 Å². The molecule has 3 nitrogen and oxygen atoms in total. The molecule has 0 aliphatic heterocycles. The number of nitrogens with zero attached hydrogens (tertiary/aromatic N) is 2. The van der Waals surface area contributed by atoms with Crippen LogP contribution < -0.4 is 5.73 Å². The van der Waals surface area contributed by atoms with Crippen molar-refractivity contribution in [3.05, 3.63) is 16.9 Å². The van der Waals surface area contributed by atoms with Gasteiger partial charge in [-0.3, -0.25) is 4.68 Å². The van der Waals surface area contributed by atoms with E-state index < -0.39 is 0 Å². The second kappa shape index (κ2) is 7.80. The van der Waals surface area contributed by atoms with E-state index in [0.29, 0.717) is 10.9 Å². The highest BCUT2D eigenvalue weighted by atomic mass is 35.5.